The van der Waals surface area contributed by atoms with E-state index in [1.165, 1.54) is 17.4 Å². The van der Waals surface area contributed by atoms with Crippen molar-refractivity contribution in [3.05, 3.63) is 85.4 Å². The molecule has 4 heterocycles. The van der Waals surface area contributed by atoms with Crippen molar-refractivity contribution in [2.45, 2.75) is 18.8 Å². The molecule has 2 N–H and O–H groups in total. The molecule has 1 aliphatic rings. The molecule has 5 rings (SSSR count). The van der Waals surface area contributed by atoms with Gasteiger partial charge in [-0.25, -0.2) is 0 Å². The molecule has 0 bridgehead atoms. The number of halogens is 1. The number of nitrogens with one attached hydrogen (secondary N) is 1. The predicted octanol–water partition coefficient (Wildman–Crippen LogP) is 5.28. The maximum atomic E-state index is 13.1. The van der Waals surface area contributed by atoms with Crippen LogP contribution in [0.25, 0.3) is 11.3 Å². The first kappa shape index (κ1) is 28.5. The lowest BCUT2D eigenvalue weighted by molar-refractivity contribution is -0.402. The second-order valence-electron chi connectivity index (χ2n) is 8.78. The summed E-state index contributed by atoms with van der Waals surface area (Å²) in [5.74, 6) is -0.907. The lowest BCUT2D eigenvalue weighted by Gasteiger charge is -2.32. The number of amides is 2. The van der Waals surface area contributed by atoms with Crippen LogP contribution in [-0.4, -0.2) is 56.1 Å². The van der Waals surface area contributed by atoms with Gasteiger partial charge in [0.05, 0.1) is 16.6 Å². The number of benzene rings is 1. The van der Waals surface area contributed by atoms with E-state index in [1.807, 2.05) is 36.2 Å². The number of anilines is 1. The maximum Gasteiger partial charge on any atom is 0.433 e. The van der Waals surface area contributed by atoms with E-state index in [-0.39, 0.29) is 18.1 Å². The van der Waals surface area contributed by atoms with Gasteiger partial charge in [-0.05, 0) is 54.7 Å². The quantitative estimate of drug-likeness (QED) is 0.175. The highest BCUT2D eigenvalue weighted by molar-refractivity contribution is 7.18. The van der Waals surface area contributed by atoms with Crippen LogP contribution in [0.15, 0.2) is 59.1 Å². The van der Waals surface area contributed by atoms with Gasteiger partial charge in [-0.2, -0.15) is 5.10 Å². The molecule has 4 aromatic rings. The molecule has 0 saturated carbocycles. The van der Waals surface area contributed by atoms with Crippen LogP contribution in [0.2, 0.25) is 4.34 Å². The smallest absolute Gasteiger partial charge is 0.433 e. The molecule has 0 aliphatic carbocycles. The summed E-state index contributed by atoms with van der Waals surface area (Å²) in [6.45, 7) is 1.02. The number of thiophene rings is 1. The molecule has 1 aromatic carbocycles. The summed E-state index contributed by atoms with van der Waals surface area (Å²) in [4.78, 5) is 46.3. The Morgan fingerprint density at radius 1 is 1.20 bits per heavy atom. The van der Waals surface area contributed by atoms with Gasteiger partial charge in [0, 0.05) is 37.6 Å². The van der Waals surface area contributed by atoms with Crippen LogP contribution >= 0.6 is 22.9 Å². The fourth-order valence-corrected chi connectivity index (χ4v) is 5.70. The fourth-order valence-electron chi connectivity index (χ4n) is 4.44. The van der Waals surface area contributed by atoms with Crippen molar-refractivity contribution in [1.29, 1.82) is 0 Å². The largest absolute Gasteiger partial charge is 0.483 e. The van der Waals surface area contributed by atoms with E-state index in [0.717, 1.165) is 35.7 Å². The van der Waals surface area contributed by atoms with E-state index >= 15 is 0 Å². The highest BCUT2D eigenvalue weighted by Crippen LogP contribution is 2.37. The van der Waals surface area contributed by atoms with Gasteiger partial charge in [-0.15, -0.1) is 11.3 Å². The number of aromatic nitrogens is 2. The van der Waals surface area contributed by atoms with E-state index in [2.05, 4.69) is 10.4 Å². The molecule has 12 nitrogen and oxygen atoms in total. The summed E-state index contributed by atoms with van der Waals surface area (Å²) in [5.41, 5.74) is 3.35. The zero-order valence-electron chi connectivity index (χ0n) is 21.2. The van der Waals surface area contributed by atoms with E-state index in [4.69, 9.17) is 25.9 Å². The zero-order valence-corrected chi connectivity index (χ0v) is 22.7. The van der Waals surface area contributed by atoms with Crippen LogP contribution < -0.4 is 5.32 Å². The molecule has 0 radical (unpaired) electrons. The Balaban J connectivity index is 0.00000118. The molecule has 208 valence electrons. The Morgan fingerprint density at radius 3 is 2.45 bits per heavy atom. The molecule has 1 fully saturated rings. The molecule has 1 saturated heterocycles. The molecule has 3 aromatic heterocycles. The van der Waals surface area contributed by atoms with Crippen molar-refractivity contribution in [1.82, 2.24) is 14.7 Å². The van der Waals surface area contributed by atoms with Gasteiger partial charge in [-0.3, -0.25) is 29.2 Å². The van der Waals surface area contributed by atoms with Gasteiger partial charge in [-0.1, -0.05) is 23.7 Å². The normalized spacial score (nSPS) is 13.3. The van der Waals surface area contributed by atoms with Gasteiger partial charge in [0.25, 0.3) is 18.3 Å². The van der Waals surface area contributed by atoms with Crippen molar-refractivity contribution in [2.75, 3.05) is 18.4 Å². The minimum atomic E-state index is -0.695. The first-order valence-corrected chi connectivity index (χ1v) is 13.2. The number of nitrogens with zero attached hydrogens (tertiary/aromatic N) is 4. The van der Waals surface area contributed by atoms with Crippen LogP contribution in [0.4, 0.5) is 11.6 Å². The second-order valence-corrected chi connectivity index (χ2v) is 10.4. The van der Waals surface area contributed by atoms with Crippen molar-refractivity contribution in [3.63, 3.8) is 0 Å². The summed E-state index contributed by atoms with van der Waals surface area (Å²) in [7, 11) is 1.84. The summed E-state index contributed by atoms with van der Waals surface area (Å²) in [6, 6.07) is 13.6. The van der Waals surface area contributed by atoms with Crippen LogP contribution in [-0.2, 0) is 11.8 Å². The number of hydrogen-bond donors (Lipinski definition) is 2. The Labute approximate surface area is 236 Å². The zero-order chi connectivity index (χ0) is 28.8. The number of rotatable bonds is 6. The molecule has 2 amide bonds. The Morgan fingerprint density at radius 2 is 1.88 bits per heavy atom. The molecular weight excluding hydrogens is 562 g/mol. The second kappa shape index (κ2) is 12.6. The number of furan rings is 1. The monoisotopic (exact) mass is 585 g/mol. The Bertz CT molecular complexity index is 1520. The molecule has 1 aliphatic heterocycles. The SMILES string of the molecule is Cn1nccc1-c1cc(C(=O)N2CCC(c3ccc(NC(=O)c4ccc([N+](=O)[O-])o4)cc3)CC2)sc1Cl.O=CO. The van der Waals surface area contributed by atoms with Gasteiger partial charge < -0.3 is 19.7 Å². The molecule has 0 unspecified atom stereocenters. The third-order valence-electron chi connectivity index (χ3n) is 6.41. The number of carbonyl (C=O) groups is 3. The summed E-state index contributed by atoms with van der Waals surface area (Å²) >= 11 is 7.72. The average Bonchev–Trinajstić information content (AvgIpc) is 3.69. The minimum absolute atomic E-state index is 0.0185. The number of likely N-dealkylation sites (tertiary alicyclic amines) is 1. The number of nitro groups is 1. The van der Waals surface area contributed by atoms with Crippen molar-refractivity contribution < 1.29 is 28.8 Å². The number of hydrogen-bond acceptors (Lipinski definition) is 8. The standard InChI is InChI=1S/C25H22ClN5O5S.CH2O2/c1-29-19(8-11-27-29)18-14-21(37-23(18)26)25(33)30-12-9-16(10-13-30)15-2-4-17(5-3-15)28-24(32)20-6-7-22(36-20)31(34)35;2-1-3/h2-8,11,14,16H,9-10,12-13H2,1H3,(H,28,32);1H,(H,2,3). The Hall–Kier alpha value is -4.49. The first-order chi connectivity index (χ1) is 19.2. The molecular formula is C26H24ClN5O7S. The molecule has 0 spiro atoms. The summed E-state index contributed by atoms with van der Waals surface area (Å²) in [5, 5.41) is 24.5. The average molecular weight is 586 g/mol. The van der Waals surface area contributed by atoms with Crippen LogP contribution in [0.1, 0.15) is 44.5 Å². The van der Waals surface area contributed by atoms with E-state index in [1.54, 1.807) is 23.0 Å². The van der Waals surface area contributed by atoms with E-state index < -0.39 is 16.7 Å². The topological polar surface area (TPSA) is 161 Å². The highest BCUT2D eigenvalue weighted by Gasteiger charge is 2.27. The van der Waals surface area contributed by atoms with Crippen LogP contribution in [0.5, 0.6) is 0 Å². The Kier molecular flexibility index (Phi) is 8.97. The molecule has 40 heavy (non-hydrogen) atoms. The van der Waals surface area contributed by atoms with Gasteiger partial charge in [0.15, 0.2) is 5.76 Å². The third-order valence-corrected chi connectivity index (χ3v) is 7.76. The minimum Gasteiger partial charge on any atom is -0.483 e. The maximum absolute atomic E-state index is 13.1. The first-order valence-electron chi connectivity index (χ1n) is 12.0. The van der Waals surface area contributed by atoms with Gasteiger partial charge in [0.1, 0.15) is 9.26 Å². The van der Waals surface area contributed by atoms with Crippen LogP contribution in [0, 0.1) is 10.1 Å². The number of carbonyl (C=O) groups excluding carboxylic acids is 2. The van der Waals surface area contributed by atoms with Crippen molar-refractivity contribution >= 4 is 52.8 Å². The summed E-state index contributed by atoms with van der Waals surface area (Å²) < 4.78 is 7.24. The van der Waals surface area contributed by atoms with Gasteiger partial charge >= 0.3 is 5.88 Å². The lowest BCUT2D eigenvalue weighted by Crippen LogP contribution is -2.37. The van der Waals surface area contributed by atoms with E-state index in [9.17, 15) is 19.7 Å². The number of aryl methyl sites for hydroxylation is 1. The summed E-state index contributed by atoms with van der Waals surface area (Å²) in [6.07, 6.45) is 3.34. The number of carboxylic acid groups (broad SMARTS) is 1. The lowest BCUT2D eigenvalue weighted by atomic mass is 9.89. The predicted molar refractivity (Wildman–Crippen MR) is 148 cm³/mol. The van der Waals surface area contributed by atoms with Crippen LogP contribution in [0.3, 0.4) is 0 Å². The third kappa shape index (κ3) is 6.38. The molecule has 0 atom stereocenters. The number of piperidine rings is 1. The molecule has 14 heteroatoms. The van der Waals surface area contributed by atoms with Crippen molar-refractivity contribution in [3.8, 4) is 11.3 Å². The highest BCUT2D eigenvalue weighted by atomic mass is 35.5. The fraction of sp³-hybridized carbons (Fsp3) is 0.231. The van der Waals surface area contributed by atoms with E-state index in [0.29, 0.717) is 33.9 Å². The van der Waals surface area contributed by atoms with Crippen molar-refractivity contribution in [2.24, 2.45) is 7.05 Å². The van der Waals surface area contributed by atoms with Gasteiger partial charge in [0.2, 0.25) is 0 Å².